The molecule has 0 heterocycles. The molecular formula is C40H40F6O. The molecule has 0 radical (unpaired) electrons. The molecule has 0 spiro atoms. The smallest absolute Gasteiger partial charge is 0.429 e. The molecule has 1 saturated carbocycles. The van der Waals surface area contributed by atoms with Crippen LogP contribution in [0.2, 0.25) is 0 Å². The van der Waals surface area contributed by atoms with E-state index in [-0.39, 0.29) is 16.7 Å². The molecule has 1 aliphatic carbocycles. The Morgan fingerprint density at radius 3 is 1.98 bits per heavy atom. The summed E-state index contributed by atoms with van der Waals surface area (Å²) in [5.41, 5.74) is 0.755. The molecule has 4 aromatic carbocycles. The van der Waals surface area contributed by atoms with Crippen molar-refractivity contribution in [3.63, 3.8) is 0 Å². The summed E-state index contributed by atoms with van der Waals surface area (Å²) in [6.07, 6.45) is 9.37. The zero-order chi connectivity index (χ0) is 33.6. The topological polar surface area (TPSA) is 9.23 Å². The molecule has 0 bridgehead atoms. The van der Waals surface area contributed by atoms with Crippen LogP contribution < -0.4 is 4.74 Å². The van der Waals surface area contributed by atoms with E-state index in [1.807, 2.05) is 19.1 Å². The van der Waals surface area contributed by atoms with Crippen molar-refractivity contribution in [2.75, 3.05) is 0 Å². The van der Waals surface area contributed by atoms with E-state index in [9.17, 15) is 13.2 Å². The van der Waals surface area contributed by atoms with Gasteiger partial charge >= 0.3 is 6.11 Å². The second-order valence-corrected chi connectivity index (χ2v) is 12.5. The minimum Gasteiger partial charge on any atom is -0.429 e. The van der Waals surface area contributed by atoms with Gasteiger partial charge in [0.15, 0.2) is 0 Å². The fourth-order valence-corrected chi connectivity index (χ4v) is 6.50. The van der Waals surface area contributed by atoms with E-state index in [4.69, 9.17) is 0 Å². The van der Waals surface area contributed by atoms with Crippen molar-refractivity contribution in [3.05, 3.63) is 119 Å². The summed E-state index contributed by atoms with van der Waals surface area (Å²) in [5, 5.41) is 0. The predicted molar refractivity (Wildman–Crippen MR) is 176 cm³/mol. The maximum absolute atomic E-state index is 15.3. The molecule has 0 atom stereocenters. The van der Waals surface area contributed by atoms with E-state index in [0.29, 0.717) is 30.0 Å². The van der Waals surface area contributed by atoms with E-state index >= 15 is 13.2 Å². The maximum atomic E-state index is 15.3. The van der Waals surface area contributed by atoms with Gasteiger partial charge in [0, 0.05) is 17.2 Å². The zero-order valence-electron chi connectivity index (χ0n) is 26.8. The van der Waals surface area contributed by atoms with Gasteiger partial charge in [-0.05, 0) is 96.5 Å². The van der Waals surface area contributed by atoms with Gasteiger partial charge in [-0.2, -0.15) is 8.78 Å². The Bertz CT molecular complexity index is 1660. The lowest BCUT2D eigenvalue weighted by Gasteiger charge is -2.29. The van der Waals surface area contributed by atoms with Crippen LogP contribution in [0.15, 0.2) is 78.9 Å². The van der Waals surface area contributed by atoms with Crippen LogP contribution in [0.4, 0.5) is 26.3 Å². The summed E-state index contributed by atoms with van der Waals surface area (Å²) < 4.78 is 94.2. The standard InChI is InChI=1S/C40H40F6O/c1-3-5-7-8-26-10-12-27(13-11-26)28-14-16-29(17-15-28)31-19-21-34(36(42)22-31)32-23-37(43)39(38(44)24-32)40(45,46)47-33-20-18-30(9-6-4-2)35(41)25-33/h6,9,14-27H,3-5,7-8,10-13H2,1-2H3. The summed E-state index contributed by atoms with van der Waals surface area (Å²) in [7, 11) is 0. The molecule has 1 aliphatic rings. The van der Waals surface area contributed by atoms with Gasteiger partial charge in [-0.3, -0.25) is 0 Å². The maximum Gasteiger partial charge on any atom is 0.432 e. The average Bonchev–Trinajstić information content (AvgIpc) is 3.04. The minimum atomic E-state index is -4.47. The fourth-order valence-electron chi connectivity index (χ4n) is 6.50. The third kappa shape index (κ3) is 8.30. The number of hydrogen-bond donors (Lipinski definition) is 0. The largest absolute Gasteiger partial charge is 0.432 e. The monoisotopic (exact) mass is 650 g/mol. The normalized spacial score (nSPS) is 16.9. The first-order valence-corrected chi connectivity index (χ1v) is 16.5. The molecule has 0 saturated heterocycles. The van der Waals surface area contributed by atoms with Crippen molar-refractivity contribution in [2.24, 2.45) is 5.92 Å². The molecule has 0 aliphatic heterocycles. The lowest BCUT2D eigenvalue weighted by molar-refractivity contribution is -0.189. The van der Waals surface area contributed by atoms with Gasteiger partial charge in [0.25, 0.3) is 0 Å². The van der Waals surface area contributed by atoms with Crippen molar-refractivity contribution in [1.29, 1.82) is 0 Å². The Morgan fingerprint density at radius 2 is 1.36 bits per heavy atom. The number of hydrogen-bond acceptors (Lipinski definition) is 1. The second kappa shape index (κ2) is 15.3. The van der Waals surface area contributed by atoms with Gasteiger partial charge in [0.1, 0.15) is 34.6 Å². The van der Waals surface area contributed by atoms with Crippen LogP contribution in [0.1, 0.15) is 94.2 Å². The van der Waals surface area contributed by atoms with Gasteiger partial charge < -0.3 is 4.74 Å². The van der Waals surface area contributed by atoms with Crippen LogP contribution in [0.3, 0.4) is 0 Å². The lowest BCUT2D eigenvalue weighted by Crippen LogP contribution is -2.25. The molecule has 0 N–H and O–H groups in total. The summed E-state index contributed by atoms with van der Waals surface area (Å²) in [4.78, 5) is 0. The number of benzene rings is 4. The van der Waals surface area contributed by atoms with Crippen LogP contribution in [0, 0.1) is 29.2 Å². The Hall–Kier alpha value is -4.00. The Morgan fingerprint density at radius 1 is 0.702 bits per heavy atom. The summed E-state index contributed by atoms with van der Waals surface area (Å²) in [6.45, 7) is 4.08. The minimum absolute atomic E-state index is 0.146. The first-order chi connectivity index (χ1) is 22.6. The third-order valence-electron chi connectivity index (χ3n) is 9.14. The van der Waals surface area contributed by atoms with Gasteiger partial charge in [0.05, 0.1) is 0 Å². The van der Waals surface area contributed by atoms with Crippen LogP contribution in [-0.4, -0.2) is 0 Å². The number of unbranched alkanes of at least 4 members (excludes halogenated alkanes) is 2. The highest BCUT2D eigenvalue weighted by atomic mass is 19.3. The van der Waals surface area contributed by atoms with Gasteiger partial charge in [-0.15, -0.1) is 0 Å². The molecule has 0 amide bonds. The SMILES string of the molecule is CCC=Cc1ccc(OC(F)(F)c2c(F)cc(-c3ccc(-c4ccc(C5CCC(CCCCC)CC5)cc4)cc3F)cc2F)cc1F. The van der Waals surface area contributed by atoms with Crippen LogP contribution in [-0.2, 0) is 6.11 Å². The molecular weight excluding hydrogens is 610 g/mol. The first-order valence-electron chi connectivity index (χ1n) is 16.5. The Kier molecular flexibility index (Phi) is 11.2. The highest BCUT2D eigenvalue weighted by Crippen LogP contribution is 2.40. The molecule has 1 fully saturated rings. The van der Waals surface area contributed by atoms with E-state index in [0.717, 1.165) is 23.6 Å². The highest BCUT2D eigenvalue weighted by molar-refractivity contribution is 5.71. The van der Waals surface area contributed by atoms with Crippen molar-refractivity contribution >= 4 is 6.08 Å². The molecule has 0 aromatic heterocycles. The van der Waals surface area contributed by atoms with Crippen LogP contribution >= 0.6 is 0 Å². The average molecular weight is 651 g/mol. The highest BCUT2D eigenvalue weighted by Gasteiger charge is 2.41. The van der Waals surface area contributed by atoms with E-state index in [1.54, 1.807) is 12.1 Å². The van der Waals surface area contributed by atoms with Gasteiger partial charge in [0.2, 0.25) is 0 Å². The molecule has 1 nitrogen and oxygen atoms in total. The van der Waals surface area contributed by atoms with E-state index in [2.05, 4.69) is 23.8 Å². The zero-order valence-corrected chi connectivity index (χ0v) is 26.8. The van der Waals surface area contributed by atoms with Crippen LogP contribution in [0.25, 0.3) is 28.3 Å². The van der Waals surface area contributed by atoms with Gasteiger partial charge in [-0.1, -0.05) is 88.1 Å². The third-order valence-corrected chi connectivity index (χ3v) is 9.14. The molecule has 47 heavy (non-hydrogen) atoms. The van der Waals surface area contributed by atoms with Crippen molar-refractivity contribution < 1.29 is 31.1 Å². The van der Waals surface area contributed by atoms with Crippen molar-refractivity contribution in [1.82, 2.24) is 0 Å². The summed E-state index contributed by atoms with van der Waals surface area (Å²) in [5.74, 6) is -4.10. The van der Waals surface area contributed by atoms with E-state index < -0.39 is 40.7 Å². The number of allylic oxidation sites excluding steroid dienone is 1. The molecule has 5 rings (SSSR count). The molecule has 0 unspecified atom stereocenters. The molecule has 4 aromatic rings. The van der Waals surface area contributed by atoms with Gasteiger partial charge in [-0.25, -0.2) is 17.6 Å². The molecule has 248 valence electrons. The van der Waals surface area contributed by atoms with Crippen LogP contribution in [0.5, 0.6) is 5.75 Å². The van der Waals surface area contributed by atoms with Crippen molar-refractivity contribution in [3.8, 4) is 28.0 Å². The predicted octanol–water partition coefficient (Wildman–Crippen LogP) is 13.0. The fraction of sp³-hybridized carbons (Fsp3) is 0.350. The Balaban J connectivity index is 1.28. The number of ether oxygens (including phenoxy) is 1. The van der Waals surface area contributed by atoms with E-state index in [1.165, 1.54) is 81.2 Å². The van der Waals surface area contributed by atoms with Crippen molar-refractivity contribution in [2.45, 2.75) is 83.7 Å². The number of halogens is 6. The second-order valence-electron chi connectivity index (χ2n) is 12.5. The lowest BCUT2D eigenvalue weighted by atomic mass is 9.77. The first kappa shape index (κ1) is 34.3. The Labute approximate surface area is 273 Å². The quantitative estimate of drug-likeness (QED) is 0.110. The summed E-state index contributed by atoms with van der Waals surface area (Å²) in [6, 6.07) is 16.7. The number of rotatable bonds is 12. The summed E-state index contributed by atoms with van der Waals surface area (Å²) >= 11 is 0. The molecule has 7 heteroatoms. The number of alkyl halides is 2.